The Bertz CT molecular complexity index is 541. The van der Waals surface area contributed by atoms with Crippen molar-refractivity contribution in [1.82, 2.24) is 15.2 Å². The van der Waals surface area contributed by atoms with Crippen LogP contribution in [0.5, 0.6) is 0 Å². The van der Waals surface area contributed by atoms with E-state index in [2.05, 4.69) is 27.3 Å². The summed E-state index contributed by atoms with van der Waals surface area (Å²) in [5.41, 5.74) is 1.02. The van der Waals surface area contributed by atoms with Gasteiger partial charge in [-0.15, -0.1) is 0 Å². The highest BCUT2D eigenvalue weighted by molar-refractivity contribution is 5.74. The third-order valence-electron chi connectivity index (χ3n) is 5.25. The molecule has 1 unspecified atom stereocenters. The average Bonchev–Trinajstić information content (AvgIpc) is 2.96. The lowest BCUT2D eigenvalue weighted by Gasteiger charge is -2.31. The number of rotatable bonds is 4. The number of carbonyl (C=O) groups is 1. The Balaban J connectivity index is 1.48. The normalized spacial score (nSPS) is 21.7. The smallest absolute Gasteiger partial charge is 0.317 e. The fourth-order valence-corrected chi connectivity index (χ4v) is 3.70. The van der Waals surface area contributed by atoms with Gasteiger partial charge in [0.25, 0.3) is 0 Å². The lowest BCUT2D eigenvalue weighted by molar-refractivity contribution is 0.129. The molecule has 0 spiro atoms. The van der Waals surface area contributed by atoms with Gasteiger partial charge >= 0.3 is 6.03 Å². The first-order valence-corrected chi connectivity index (χ1v) is 9.60. The number of aliphatic hydroxyl groups excluding tert-OH is 1. The molecule has 1 aromatic rings. The van der Waals surface area contributed by atoms with Crippen LogP contribution in [-0.2, 0) is 6.54 Å². The van der Waals surface area contributed by atoms with E-state index in [1.165, 1.54) is 25.7 Å². The molecule has 3 rings (SSSR count). The maximum atomic E-state index is 12.3. The summed E-state index contributed by atoms with van der Waals surface area (Å²) in [4.78, 5) is 21.0. The topological polar surface area (TPSA) is 68.7 Å². The summed E-state index contributed by atoms with van der Waals surface area (Å²) in [7, 11) is 0. The van der Waals surface area contributed by atoms with Gasteiger partial charge < -0.3 is 20.2 Å². The minimum atomic E-state index is -0.0465. The van der Waals surface area contributed by atoms with Gasteiger partial charge in [0.05, 0.1) is 0 Å². The summed E-state index contributed by atoms with van der Waals surface area (Å²) in [5, 5.41) is 12.3. The largest absolute Gasteiger partial charge is 0.396 e. The van der Waals surface area contributed by atoms with E-state index < -0.39 is 0 Å². The number of carbonyl (C=O) groups excluding carboxylic acids is 1. The van der Waals surface area contributed by atoms with E-state index in [9.17, 15) is 9.90 Å². The minimum Gasteiger partial charge on any atom is -0.396 e. The van der Waals surface area contributed by atoms with Gasteiger partial charge in [-0.2, -0.15) is 0 Å². The highest BCUT2D eigenvalue weighted by Crippen LogP contribution is 2.18. The number of amides is 2. The van der Waals surface area contributed by atoms with Gasteiger partial charge in [0.15, 0.2) is 0 Å². The highest BCUT2D eigenvalue weighted by atomic mass is 16.3. The minimum absolute atomic E-state index is 0.0465. The second-order valence-corrected chi connectivity index (χ2v) is 7.22. The summed E-state index contributed by atoms with van der Waals surface area (Å²) >= 11 is 0. The molecule has 2 saturated heterocycles. The summed E-state index contributed by atoms with van der Waals surface area (Å²) in [5.74, 6) is 1.26. The molecule has 25 heavy (non-hydrogen) atoms. The Labute approximate surface area is 150 Å². The van der Waals surface area contributed by atoms with Crippen molar-refractivity contribution in [3.05, 3.63) is 23.9 Å². The Hall–Kier alpha value is -1.82. The van der Waals surface area contributed by atoms with Crippen molar-refractivity contribution in [1.29, 1.82) is 0 Å². The molecule has 3 heterocycles. The monoisotopic (exact) mass is 346 g/mol. The fraction of sp³-hybridized carbons (Fsp3) is 0.684. The number of nitrogens with zero attached hydrogens (tertiary/aromatic N) is 3. The molecule has 6 nitrogen and oxygen atoms in total. The van der Waals surface area contributed by atoms with Gasteiger partial charge in [-0.3, -0.25) is 0 Å². The van der Waals surface area contributed by atoms with Crippen LogP contribution >= 0.6 is 0 Å². The third kappa shape index (κ3) is 5.08. The van der Waals surface area contributed by atoms with Gasteiger partial charge in [0.2, 0.25) is 0 Å². The Kier molecular flexibility index (Phi) is 6.50. The molecular weight excluding hydrogens is 316 g/mol. The fourth-order valence-electron chi connectivity index (χ4n) is 3.70. The number of nitrogens with one attached hydrogen (secondary N) is 1. The molecule has 2 fully saturated rings. The maximum absolute atomic E-state index is 12.3. The lowest BCUT2D eigenvalue weighted by atomic mass is 9.99. The Morgan fingerprint density at radius 2 is 1.96 bits per heavy atom. The Morgan fingerprint density at radius 3 is 2.64 bits per heavy atom. The molecule has 2 aliphatic heterocycles. The van der Waals surface area contributed by atoms with Crippen LogP contribution in [0.15, 0.2) is 18.3 Å². The molecular formula is C19H30N4O2. The van der Waals surface area contributed by atoms with Crippen LogP contribution < -0.4 is 10.2 Å². The molecule has 0 saturated carbocycles. The van der Waals surface area contributed by atoms with Crippen LogP contribution in [0.25, 0.3) is 0 Å². The number of anilines is 1. The van der Waals surface area contributed by atoms with E-state index in [1.54, 1.807) is 0 Å². The SMILES string of the molecule is O=C(NCc1ccc(N2CCCCCC2)nc1)N1CCCC(CO)C1. The number of aromatic nitrogens is 1. The van der Waals surface area contributed by atoms with Crippen molar-refractivity contribution >= 4 is 11.8 Å². The standard InChI is InChI=1S/C19H30N4O2/c24-15-17-6-5-11-23(14-17)19(25)21-13-16-7-8-18(20-12-16)22-9-3-1-2-4-10-22/h7-8,12,17,24H,1-6,9-11,13-15H2,(H,21,25). The van der Waals surface area contributed by atoms with Gasteiger partial charge in [0, 0.05) is 45.5 Å². The first-order chi connectivity index (χ1) is 12.3. The summed E-state index contributed by atoms with van der Waals surface area (Å²) in [6, 6.07) is 4.07. The van der Waals surface area contributed by atoms with Crippen LogP contribution in [0.2, 0.25) is 0 Å². The van der Waals surface area contributed by atoms with Crippen molar-refractivity contribution in [2.45, 2.75) is 45.1 Å². The van der Waals surface area contributed by atoms with Crippen molar-refractivity contribution in [3.8, 4) is 0 Å². The molecule has 0 bridgehead atoms. The van der Waals surface area contributed by atoms with Gasteiger partial charge in [-0.05, 0) is 43.2 Å². The van der Waals surface area contributed by atoms with E-state index in [-0.39, 0.29) is 18.6 Å². The second-order valence-electron chi connectivity index (χ2n) is 7.22. The van der Waals surface area contributed by atoms with Crippen LogP contribution in [0, 0.1) is 5.92 Å². The first kappa shape index (κ1) is 18.0. The molecule has 1 atom stereocenters. The molecule has 1 aromatic heterocycles. The second kappa shape index (κ2) is 9.04. The van der Waals surface area contributed by atoms with Crippen molar-refractivity contribution in [3.63, 3.8) is 0 Å². The zero-order chi connectivity index (χ0) is 17.5. The van der Waals surface area contributed by atoms with Crippen molar-refractivity contribution in [2.24, 2.45) is 5.92 Å². The number of aliphatic hydroxyl groups is 1. The quantitative estimate of drug-likeness (QED) is 0.878. The van der Waals surface area contributed by atoms with Crippen LogP contribution in [0.3, 0.4) is 0 Å². The van der Waals surface area contributed by atoms with Gasteiger partial charge in [-0.1, -0.05) is 18.9 Å². The molecule has 6 heteroatoms. The molecule has 0 radical (unpaired) electrons. The van der Waals surface area contributed by atoms with Gasteiger partial charge in [0.1, 0.15) is 5.82 Å². The molecule has 2 N–H and O–H groups in total. The van der Waals surface area contributed by atoms with Crippen molar-refractivity contribution in [2.75, 3.05) is 37.7 Å². The van der Waals surface area contributed by atoms with E-state index in [0.717, 1.165) is 43.9 Å². The van der Waals surface area contributed by atoms with E-state index in [1.807, 2.05) is 11.1 Å². The lowest BCUT2D eigenvalue weighted by Crippen LogP contribution is -2.45. The van der Waals surface area contributed by atoms with E-state index >= 15 is 0 Å². The molecule has 138 valence electrons. The van der Waals surface area contributed by atoms with Gasteiger partial charge in [-0.25, -0.2) is 9.78 Å². The van der Waals surface area contributed by atoms with Crippen LogP contribution in [-0.4, -0.2) is 53.8 Å². The summed E-state index contributed by atoms with van der Waals surface area (Å²) < 4.78 is 0. The predicted molar refractivity (Wildman–Crippen MR) is 98.5 cm³/mol. The third-order valence-corrected chi connectivity index (χ3v) is 5.25. The number of hydrogen-bond donors (Lipinski definition) is 2. The van der Waals surface area contributed by atoms with E-state index in [0.29, 0.717) is 13.1 Å². The number of hydrogen-bond acceptors (Lipinski definition) is 4. The van der Waals surface area contributed by atoms with Crippen LogP contribution in [0.1, 0.15) is 44.1 Å². The predicted octanol–water partition coefficient (Wildman–Crippen LogP) is 2.38. The molecule has 2 amide bonds. The maximum Gasteiger partial charge on any atom is 0.317 e. The molecule has 0 aromatic carbocycles. The summed E-state index contributed by atoms with van der Waals surface area (Å²) in [6.07, 6.45) is 8.94. The zero-order valence-electron chi connectivity index (χ0n) is 15.0. The first-order valence-electron chi connectivity index (χ1n) is 9.60. The molecule has 2 aliphatic rings. The number of pyridine rings is 1. The zero-order valence-corrected chi connectivity index (χ0v) is 15.0. The van der Waals surface area contributed by atoms with E-state index in [4.69, 9.17) is 0 Å². The number of urea groups is 1. The number of likely N-dealkylation sites (tertiary alicyclic amines) is 1. The van der Waals surface area contributed by atoms with Crippen molar-refractivity contribution < 1.29 is 9.90 Å². The number of piperidine rings is 1. The summed E-state index contributed by atoms with van der Waals surface area (Å²) in [6.45, 7) is 4.25. The molecule has 0 aliphatic carbocycles. The van der Waals surface area contributed by atoms with Crippen LogP contribution in [0.4, 0.5) is 10.6 Å². The highest BCUT2D eigenvalue weighted by Gasteiger charge is 2.22. The average molecular weight is 346 g/mol. The Morgan fingerprint density at radius 1 is 1.16 bits per heavy atom.